The minimum atomic E-state index is -1.07. The molecule has 5 aromatic carbocycles. The van der Waals surface area contributed by atoms with Crippen LogP contribution in [0.25, 0.3) is 21.5 Å². The average molecular weight is 478 g/mol. The van der Waals surface area contributed by atoms with E-state index in [2.05, 4.69) is 0 Å². The second kappa shape index (κ2) is 9.23. The molecule has 0 aromatic heterocycles. The lowest BCUT2D eigenvalue weighted by Crippen LogP contribution is -2.09. The van der Waals surface area contributed by atoms with E-state index in [9.17, 15) is 19.5 Å². The maximum Gasteiger partial charge on any atom is 0.347 e. The molecule has 176 valence electrons. The summed E-state index contributed by atoms with van der Waals surface area (Å²) in [5, 5.41) is 22.3. The van der Waals surface area contributed by atoms with E-state index < -0.39 is 17.9 Å². The summed E-state index contributed by atoms with van der Waals surface area (Å²) in [4.78, 5) is 36.2. The van der Waals surface area contributed by atoms with Gasteiger partial charge >= 0.3 is 17.9 Å². The van der Waals surface area contributed by atoms with Gasteiger partial charge in [-0.2, -0.15) is 0 Å². The van der Waals surface area contributed by atoms with Gasteiger partial charge in [-0.1, -0.05) is 36.4 Å². The molecule has 7 heteroatoms. The Bertz CT molecular complexity index is 1650. The highest BCUT2D eigenvalue weighted by Crippen LogP contribution is 2.28. The minimum Gasteiger partial charge on any atom is -0.507 e. The average Bonchev–Trinajstić information content (AvgIpc) is 2.88. The van der Waals surface area contributed by atoms with Crippen LogP contribution in [0.2, 0.25) is 0 Å². The van der Waals surface area contributed by atoms with Gasteiger partial charge in [0.15, 0.2) is 0 Å². The molecule has 0 aliphatic rings. The van der Waals surface area contributed by atoms with Crippen molar-refractivity contribution in [2.75, 3.05) is 0 Å². The number of hydrogen-bond donors (Lipinski definition) is 2. The van der Waals surface area contributed by atoms with Crippen LogP contribution in [-0.2, 0) is 0 Å². The molecule has 5 aromatic rings. The Kier molecular flexibility index (Phi) is 5.80. The number of carbonyl (C=O) groups is 3. The van der Waals surface area contributed by atoms with Gasteiger partial charge in [0.05, 0.1) is 11.1 Å². The number of esters is 2. The van der Waals surface area contributed by atoms with Crippen molar-refractivity contribution in [3.05, 3.63) is 114 Å². The summed E-state index contributed by atoms with van der Waals surface area (Å²) < 4.78 is 10.8. The Labute approximate surface area is 204 Å². The summed E-state index contributed by atoms with van der Waals surface area (Å²) in [5.74, 6) is -2.01. The fourth-order valence-electron chi connectivity index (χ4n) is 3.80. The van der Waals surface area contributed by atoms with E-state index in [4.69, 9.17) is 14.6 Å². The second-order valence-corrected chi connectivity index (χ2v) is 8.05. The molecular formula is C29H18O7. The number of carboxylic acid groups (broad SMARTS) is 1. The van der Waals surface area contributed by atoms with Gasteiger partial charge in [0.25, 0.3) is 0 Å². The van der Waals surface area contributed by atoms with Crippen LogP contribution in [0.1, 0.15) is 31.1 Å². The van der Waals surface area contributed by atoms with Crippen molar-refractivity contribution >= 4 is 39.5 Å². The summed E-state index contributed by atoms with van der Waals surface area (Å²) in [7, 11) is 0. The smallest absolute Gasteiger partial charge is 0.347 e. The van der Waals surface area contributed by atoms with Crippen molar-refractivity contribution < 1.29 is 34.1 Å². The Morgan fingerprint density at radius 2 is 1.11 bits per heavy atom. The highest BCUT2D eigenvalue weighted by atomic mass is 16.5. The monoisotopic (exact) mass is 478 g/mol. The molecule has 0 amide bonds. The molecule has 0 heterocycles. The quantitative estimate of drug-likeness (QED) is 0.241. The van der Waals surface area contributed by atoms with E-state index in [1.54, 1.807) is 42.5 Å². The third kappa shape index (κ3) is 4.58. The second-order valence-electron chi connectivity index (χ2n) is 8.05. The molecule has 7 nitrogen and oxygen atoms in total. The van der Waals surface area contributed by atoms with Crippen molar-refractivity contribution in [1.29, 1.82) is 0 Å². The standard InChI is InChI=1S/C29H18O7/c30-26-16-19-4-2-1-3-18(19)15-25(26)29(34)36-24-12-9-20-13-22(6-5-21(20)14-24)28(33)35-23-10-7-17(8-11-23)27(31)32/h1-16,30H,(H,31,32). The first-order valence-electron chi connectivity index (χ1n) is 10.9. The van der Waals surface area contributed by atoms with Crippen LogP contribution in [0.4, 0.5) is 0 Å². The molecule has 0 aliphatic carbocycles. The number of benzene rings is 5. The number of carboxylic acids is 1. The lowest BCUT2D eigenvalue weighted by atomic mass is 10.1. The molecule has 5 rings (SSSR count). The zero-order valence-electron chi connectivity index (χ0n) is 18.7. The van der Waals surface area contributed by atoms with E-state index >= 15 is 0 Å². The van der Waals surface area contributed by atoms with Gasteiger partial charge in [0.1, 0.15) is 22.8 Å². The van der Waals surface area contributed by atoms with Gasteiger partial charge in [-0.05, 0) is 82.2 Å². The number of phenolic OH excluding ortho intramolecular Hbond substituents is 1. The van der Waals surface area contributed by atoms with Crippen molar-refractivity contribution in [3.8, 4) is 17.2 Å². The molecule has 0 radical (unpaired) electrons. The van der Waals surface area contributed by atoms with Crippen molar-refractivity contribution in [2.24, 2.45) is 0 Å². The topological polar surface area (TPSA) is 110 Å². The molecule has 36 heavy (non-hydrogen) atoms. The molecule has 0 saturated heterocycles. The highest BCUT2D eigenvalue weighted by molar-refractivity contribution is 6.00. The molecule has 0 unspecified atom stereocenters. The van der Waals surface area contributed by atoms with Crippen LogP contribution in [0.3, 0.4) is 0 Å². The molecule has 0 aliphatic heterocycles. The first-order chi connectivity index (χ1) is 17.4. The lowest BCUT2D eigenvalue weighted by molar-refractivity contribution is 0.0694. The zero-order valence-corrected chi connectivity index (χ0v) is 18.7. The van der Waals surface area contributed by atoms with Gasteiger partial charge in [-0.3, -0.25) is 0 Å². The van der Waals surface area contributed by atoms with Gasteiger partial charge in [0.2, 0.25) is 0 Å². The predicted molar refractivity (Wildman–Crippen MR) is 133 cm³/mol. The van der Waals surface area contributed by atoms with Gasteiger partial charge in [-0.25, -0.2) is 14.4 Å². The fraction of sp³-hybridized carbons (Fsp3) is 0. The number of carbonyl (C=O) groups excluding carboxylic acids is 2. The summed E-state index contributed by atoms with van der Waals surface area (Å²) in [6.45, 7) is 0. The number of aromatic hydroxyl groups is 1. The number of hydrogen-bond acceptors (Lipinski definition) is 6. The van der Waals surface area contributed by atoms with E-state index in [0.29, 0.717) is 5.56 Å². The third-order valence-corrected chi connectivity index (χ3v) is 5.65. The number of phenols is 1. The first-order valence-corrected chi connectivity index (χ1v) is 10.9. The maximum atomic E-state index is 12.7. The molecule has 0 spiro atoms. The Balaban J connectivity index is 1.33. The molecular weight excluding hydrogens is 460 g/mol. The highest BCUT2D eigenvalue weighted by Gasteiger charge is 2.16. The molecule has 0 fully saturated rings. The van der Waals surface area contributed by atoms with E-state index in [0.717, 1.165) is 21.5 Å². The SMILES string of the molecule is O=C(O)c1ccc(OC(=O)c2ccc3cc(OC(=O)c4cc5ccccc5cc4O)ccc3c2)cc1. The van der Waals surface area contributed by atoms with Crippen LogP contribution in [0.5, 0.6) is 17.2 Å². The molecule has 0 bridgehead atoms. The van der Waals surface area contributed by atoms with Crippen LogP contribution in [0.15, 0.2) is 97.1 Å². The number of fused-ring (bicyclic) bond motifs is 2. The fourth-order valence-corrected chi connectivity index (χ4v) is 3.80. The third-order valence-electron chi connectivity index (χ3n) is 5.65. The maximum absolute atomic E-state index is 12.7. The van der Waals surface area contributed by atoms with Crippen molar-refractivity contribution in [1.82, 2.24) is 0 Å². The van der Waals surface area contributed by atoms with Crippen LogP contribution in [-0.4, -0.2) is 28.1 Å². The van der Waals surface area contributed by atoms with E-state index in [-0.39, 0.29) is 28.4 Å². The van der Waals surface area contributed by atoms with Crippen LogP contribution < -0.4 is 9.47 Å². The number of ether oxygens (including phenoxy) is 2. The number of aromatic carboxylic acids is 1. The molecule has 2 N–H and O–H groups in total. The minimum absolute atomic E-state index is 0.0586. The summed E-state index contributed by atoms with van der Waals surface area (Å²) in [6.07, 6.45) is 0. The van der Waals surface area contributed by atoms with E-state index in [1.165, 1.54) is 30.3 Å². The van der Waals surface area contributed by atoms with Crippen molar-refractivity contribution in [2.45, 2.75) is 0 Å². The lowest BCUT2D eigenvalue weighted by Gasteiger charge is -2.09. The van der Waals surface area contributed by atoms with Crippen molar-refractivity contribution in [3.63, 3.8) is 0 Å². The summed E-state index contributed by atoms with van der Waals surface area (Å²) >= 11 is 0. The zero-order chi connectivity index (χ0) is 25.2. The Hall–Kier alpha value is -5.17. The van der Waals surface area contributed by atoms with E-state index in [1.807, 2.05) is 24.3 Å². The normalized spacial score (nSPS) is 10.8. The Morgan fingerprint density at radius 3 is 1.83 bits per heavy atom. The molecule has 0 atom stereocenters. The predicted octanol–water partition coefficient (Wildman–Crippen LogP) is 5.84. The summed E-state index contributed by atoms with van der Waals surface area (Å²) in [5.41, 5.74) is 0.451. The molecule has 0 saturated carbocycles. The van der Waals surface area contributed by atoms with Gasteiger partial charge in [-0.15, -0.1) is 0 Å². The van der Waals surface area contributed by atoms with Gasteiger partial charge in [0, 0.05) is 0 Å². The van der Waals surface area contributed by atoms with Gasteiger partial charge < -0.3 is 19.7 Å². The Morgan fingerprint density at radius 1 is 0.556 bits per heavy atom. The first kappa shape index (κ1) is 22.6. The summed E-state index contributed by atoms with van der Waals surface area (Å²) in [6, 6.07) is 25.9. The number of rotatable bonds is 5. The van der Waals surface area contributed by atoms with Crippen LogP contribution in [0, 0.1) is 0 Å². The van der Waals surface area contributed by atoms with Crippen LogP contribution >= 0.6 is 0 Å². The largest absolute Gasteiger partial charge is 0.507 e.